The molecule has 2 aromatic carbocycles. The van der Waals surface area contributed by atoms with E-state index in [1.165, 1.54) is 12.1 Å². The van der Waals surface area contributed by atoms with Crippen LogP contribution >= 0.6 is 11.6 Å². The predicted octanol–water partition coefficient (Wildman–Crippen LogP) is 3.74. The van der Waals surface area contributed by atoms with Crippen LogP contribution in [0.5, 0.6) is 0 Å². The molecule has 126 valence electrons. The molecule has 0 atom stereocenters. The van der Waals surface area contributed by atoms with Crippen molar-refractivity contribution in [1.82, 2.24) is 4.98 Å². The van der Waals surface area contributed by atoms with Crippen LogP contribution in [0.15, 0.2) is 48.5 Å². The van der Waals surface area contributed by atoms with E-state index >= 15 is 0 Å². The number of hydrogen-bond donors (Lipinski definition) is 1. The van der Waals surface area contributed by atoms with Gasteiger partial charge in [0.2, 0.25) is 0 Å². The van der Waals surface area contributed by atoms with Gasteiger partial charge in [0.15, 0.2) is 0 Å². The number of aromatic nitrogens is 1. The van der Waals surface area contributed by atoms with Crippen molar-refractivity contribution in [3.05, 3.63) is 74.9 Å². The molecule has 0 bridgehead atoms. The quantitative estimate of drug-likeness (QED) is 0.250. The van der Waals surface area contributed by atoms with Gasteiger partial charge in [-0.1, -0.05) is 29.8 Å². The number of rotatable bonds is 4. The van der Waals surface area contributed by atoms with Gasteiger partial charge in [-0.05, 0) is 24.3 Å². The standard InChI is InChI=1S/C17H12ClN3O4/c18-16-12(7-10-3-1-2-4-14(10)20-16)9-25-17(22)11-5-6-13(19)15(8-11)21(23)24/h1-8H,9,19H2. The van der Waals surface area contributed by atoms with Crippen molar-refractivity contribution in [1.29, 1.82) is 0 Å². The van der Waals surface area contributed by atoms with E-state index in [1.807, 2.05) is 24.3 Å². The predicted molar refractivity (Wildman–Crippen MR) is 93.4 cm³/mol. The monoisotopic (exact) mass is 357 g/mol. The Labute approximate surface area is 147 Å². The highest BCUT2D eigenvalue weighted by Gasteiger charge is 2.17. The number of para-hydroxylation sites is 1. The number of pyridine rings is 1. The number of benzene rings is 2. The van der Waals surface area contributed by atoms with E-state index in [1.54, 1.807) is 6.07 Å². The molecule has 0 aliphatic heterocycles. The van der Waals surface area contributed by atoms with Crippen molar-refractivity contribution in [3.63, 3.8) is 0 Å². The molecule has 2 N–H and O–H groups in total. The van der Waals surface area contributed by atoms with Crippen molar-refractivity contribution >= 4 is 39.8 Å². The molecule has 3 aromatic rings. The summed E-state index contributed by atoms with van der Waals surface area (Å²) in [5.74, 6) is -0.715. The van der Waals surface area contributed by atoms with Gasteiger partial charge in [-0.3, -0.25) is 10.1 Å². The molecule has 1 aromatic heterocycles. The number of hydrogen-bond acceptors (Lipinski definition) is 6. The number of carbonyl (C=O) groups is 1. The minimum atomic E-state index is -0.715. The smallest absolute Gasteiger partial charge is 0.338 e. The summed E-state index contributed by atoms with van der Waals surface area (Å²) in [6.45, 7) is -0.103. The molecule has 0 radical (unpaired) electrons. The Balaban J connectivity index is 1.80. The van der Waals surface area contributed by atoms with Gasteiger partial charge in [0.25, 0.3) is 5.69 Å². The second-order valence-corrected chi connectivity index (χ2v) is 5.60. The lowest BCUT2D eigenvalue weighted by molar-refractivity contribution is -0.383. The Morgan fingerprint density at radius 2 is 2.00 bits per heavy atom. The van der Waals surface area contributed by atoms with E-state index < -0.39 is 10.9 Å². The number of nitro benzene ring substituents is 1. The van der Waals surface area contributed by atoms with Crippen LogP contribution in [0.2, 0.25) is 5.15 Å². The molecule has 0 saturated carbocycles. The van der Waals surface area contributed by atoms with Gasteiger partial charge in [0.1, 0.15) is 17.4 Å². The average molecular weight is 358 g/mol. The van der Waals surface area contributed by atoms with Gasteiger partial charge < -0.3 is 10.5 Å². The number of nitrogen functional groups attached to an aromatic ring is 1. The zero-order chi connectivity index (χ0) is 18.0. The second-order valence-electron chi connectivity index (χ2n) is 5.24. The molecule has 0 fully saturated rings. The maximum absolute atomic E-state index is 12.1. The molecule has 0 aliphatic rings. The summed E-state index contributed by atoms with van der Waals surface area (Å²) in [4.78, 5) is 26.6. The van der Waals surface area contributed by atoms with Crippen LogP contribution in [0, 0.1) is 10.1 Å². The number of halogens is 1. The highest BCUT2D eigenvalue weighted by atomic mass is 35.5. The highest BCUT2D eigenvalue weighted by molar-refractivity contribution is 6.30. The number of fused-ring (bicyclic) bond motifs is 1. The fourth-order valence-electron chi connectivity index (χ4n) is 2.29. The zero-order valence-electron chi connectivity index (χ0n) is 12.8. The topological polar surface area (TPSA) is 108 Å². The normalized spacial score (nSPS) is 10.6. The molecular formula is C17H12ClN3O4. The number of nitrogens with zero attached hydrogens (tertiary/aromatic N) is 2. The first kappa shape index (κ1) is 16.7. The first-order valence-corrected chi connectivity index (χ1v) is 7.58. The molecule has 0 aliphatic carbocycles. The van der Waals surface area contributed by atoms with Crippen LogP contribution in [0.3, 0.4) is 0 Å². The summed E-state index contributed by atoms with van der Waals surface area (Å²) in [6, 6.07) is 12.9. The summed E-state index contributed by atoms with van der Waals surface area (Å²) in [7, 11) is 0. The lowest BCUT2D eigenvalue weighted by Gasteiger charge is -2.08. The highest BCUT2D eigenvalue weighted by Crippen LogP contribution is 2.24. The van der Waals surface area contributed by atoms with Gasteiger partial charge in [0, 0.05) is 17.0 Å². The van der Waals surface area contributed by atoms with Gasteiger partial charge in [-0.2, -0.15) is 0 Å². The molecule has 1 heterocycles. The number of nitro groups is 1. The van der Waals surface area contributed by atoms with Crippen LogP contribution in [-0.2, 0) is 11.3 Å². The Kier molecular flexibility index (Phi) is 4.49. The lowest BCUT2D eigenvalue weighted by atomic mass is 10.1. The fraction of sp³-hybridized carbons (Fsp3) is 0.0588. The largest absolute Gasteiger partial charge is 0.457 e. The van der Waals surface area contributed by atoms with E-state index in [9.17, 15) is 14.9 Å². The summed E-state index contributed by atoms with van der Waals surface area (Å²) in [5.41, 5.74) is 6.44. The number of esters is 1. The number of anilines is 1. The first-order valence-electron chi connectivity index (χ1n) is 7.21. The van der Waals surface area contributed by atoms with Crippen LogP contribution < -0.4 is 5.73 Å². The fourth-order valence-corrected chi connectivity index (χ4v) is 2.49. The van der Waals surface area contributed by atoms with Gasteiger partial charge in [-0.25, -0.2) is 9.78 Å². The molecule has 8 heteroatoms. The second kappa shape index (κ2) is 6.74. The third kappa shape index (κ3) is 3.51. The minimum absolute atomic E-state index is 0.0247. The molecular weight excluding hydrogens is 346 g/mol. The van der Waals surface area contributed by atoms with E-state index in [0.717, 1.165) is 17.0 Å². The first-order chi connectivity index (χ1) is 12.0. The molecule has 25 heavy (non-hydrogen) atoms. The Morgan fingerprint density at radius 3 is 2.76 bits per heavy atom. The zero-order valence-corrected chi connectivity index (χ0v) is 13.6. The molecule has 0 amide bonds. The number of carbonyl (C=O) groups excluding carboxylic acids is 1. The Hall–Kier alpha value is -3.19. The summed E-state index contributed by atoms with van der Waals surface area (Å²) >= 11 is 6.11. The third-order valence-electron chi connectivity index (χ3n) is 3.57. The van der Waals surface area contributed by atoms with E-state index in [2.05, 4.69) is 4.98 Å². The van der Waals surface area contributed by atoms with Crippen molar-refractivity contribution in [2.45, 2.75) is 6.61 Å². The van der Waals surface area contributed by atoms with Crippen LogP contribution in [0.1, 0.15) is 15.9 Å². The molecule has 7 nitrogen and oxygen atoms in total. The van der Waals surface area contributed by atoms with Crippen molar-refractivity contribution in [3.8, 4) is 0 Å². The maximum atomic E-state index is 12.1. The van der Waals surface area contributed by atoms with Crippen LogP contribution in [0.4, 0.5) is 11.4 Å². The Bertz CT molecular complexity index is 991. The number of nitrogens with two attached hydrogens (primary N) is 1. The van der Waals surface area contributed by atoms with Gasteiger partial charge >= 0.3 is 5.97 Å². The molecule has 0 unspecified atom stereocenters. The van der Waals surface area contributed by atoms with Crippen LogP contribution in [-0.4, -0.2) is 15.9 Å². The maximum Gasteiger partial charge on any atom is 0.338 e. The van der Waals surface area contributed by atoms with E-state index in [0.29, 0.717) is 5.56 Å². The Morgan fingerprint density at radius 1 is 1.24 bits per heavy atom. The summed E-state index contributed by atoms with van der Waals surface area (Å²) in [6.07, 6.45) is 0. The van der Waals surface area contributed by atoms with Gasteiger partial charge in [-0.15, -0.1) is 0 Å². The number of ether oxygens (including phenoxy) is 1. The average Bonchev–Trinajstić information content (AvgIpc) is 2.59. The minimum Gasteiger partial charge on any atom is -0.457 e. The third-order valence-corrected chi connectivity index (χ3v) is 3.90. The van der Waals surface area contributed by atoms with Crippen molar-refractivity contribution < 1.29 is 14.5 Å². The lowest BCUT2D eigenvalue weighted by Crippen LogP contribution is -2.07. The molecule has 0 saturated heterocycles. The molecule has 3 rings (SSSR count). The molecule has 0 spiro atoms. The van der Waals surface area contributed by atoms with Crippen LogP contribution in [0.25, 0.3) is 10.9 Å². The summed E-state index contributed by atoms with van der Waals surface area (Å²) < 4.78 is 5.19. The van der Waals surface area contributed by atoms with E-state index in [-0.39, 0.29) is 28.7 Å². The summed E-state index contributed by atoms with van der Waals surface area (Å²) in [5, 5.41) is 12.0. The van der Waals surface area contributed by atoms with E-state index in [4.69, 9.17) is 22.1 Å². The van der Waals surface area contributed by atoms with Crippen molar-refractivity contribution in [2.75, 3.05) is 5.73 Å². The SMILES string of the molecule is Nc1ccc(C(=O)OCc2cc3ccccc3nc2Cl)cc1[N+](=O)[O-]. The van der Waals surface area contributed by atoms with Gasteiger partial charge in [0.05, 0.1) is 16.0 Å². The van der Waals surface area contributed by atoms with Crippen molar-refractivity contribution in [2.24, 2.45) is 0 Å².